The molecule has 0 fully saturated rings. The van der Waals surface area contributed by atoms with Gasteiger partial charge in [-0.1, -0.05) is 75.9 Å². The molecule has 0 aliphatic carbocycles. The lowest BCUT2D eigenvalue weighted by atomic mass is 10.0. The maximum absolute atomic E-state index is 2.31. The summed E-state index contributed by atoms with van der Waals surface area (Å²) in [7, 11) is 0. The van der Waals surface area contributed by atoms with Gasteiger partial charge in [0.2, 0.25) is 0 Å². The summed E-state index contributed by atoms with van der Waals surface area (Å²) in [6, 6.07) is 9.05. The molecule has 0 saturated carbocycles. The topological polar surface area (TPSA) is 0 Å². The van der Waals surface area contributed by atoms with Gasteiger partial charge in [0.25, 0.3) is 0 Å². The summed E-state index contributed by atoms with van der Waals surface area (Å²) in [6.45, 7) is 4.51. The van der Waals surface area contributed by atoms with E-state index >= 15 is 0 Å². The van der Waals surface area contributed by atoms with Crippen molar-refractivity contribution >= 4 is 6.08 Å². The third-order valence-corrected chi connectivity index (χ3v) is 3.33. The van der Waals surface area contributed by atoms with Crippen LogP contribution in [-0.2, 0) is 6.42 Å². The lowest BCUT2D eigenvalue weighted by Gasteiger charge is -2.01. The number of hydrogen-bond acceptors (Lipinski definition) is 0. The van der Waals surface area contributed by atoms with Crippen molar-refractivity contribution in [1.29, 1.82) is 0 Å². The Balaban J connectivity index is 2.30. The quantitative estimate of drug-likeness (QED) is 0.466. The molecule has 0 radical (unpaired) electrons. The summed E-state index contributed by atoms with van der Waals surface area (Å²) in [6.07, 6.45) is 15.0. The molecule has 0 saturated heterocycles. The Kier molecular flexibility index (Phi) is 8.29. The Hall–Kier alpha value is -1.04. The predicted molar refractivity (Wildman–Crippen MR) is 82.8 cm³/mol. The zero-order chi connectivity index (χ0) is 13.1. The first-order chi connectivity index (χ1) is 8.86. The monoisotopic (exact) mass is 244 g/mol. The van der Waals surface area contributed by atoms with Gasteiger partial charge < -0.3 is 0 Å². The third-order valence-electron chi connectivity index (χ3n) is 3.33. The van der Waals surface area contributed by atoms with Crippen molar-refractivity contribution < 1.29 is 0 Å². The summed E-state index contributed by atoms with van der Waals surface area (Å²) in [5.74, 6) is 0. The highest BCUT2D eigenvalue weighted by Gasteiger charge is 1.93. The molecule has 0 amide bonds. The average Bonchev–Trinajstić information content (AvgIpc) is 2.40. The molecule has 0 spiro atoms. The number of rotatable bonds is 9. The van der Waals surface area contributed by atoms with Crippen LogP contribution in [0, 0.1) is 0 Å². The van der Waals surface area contributed by atoms with Gasteiger partial charge in [0.1, 0.15) is 0 Å². The minimum Gasteiger partial charge on any atom is -0.0839 e. The van der Waals surface area contributed by atoms with Crippen molar-refractivity contribution in [2.75, 3.05) is 0 Å². The Labute approximate surface area is 113 Å². The van der Waals surface area contributed by atoms with Crippen LogP contribution in [0.4, 0.5) is 0 Å². The van der Waals surface area contributed by atoms with Crippen LogP contribution in [-0.4, -0.2) is 0 Å². The Morgan fingerprint density at radius 3 is 2.17 bits per heavy atom. The zero-order valence-electron chi connectivity index (χ0n) is 12.1. The Morgan fingerprint density at radius 1 is 0.833 bits per heavy atom. The van der Waals surface area contributed by atoms with Gasteiger partial charge in [0.15, 0.2) is 0 Å². The SMILES string of the molecule is CCCCCC=Cc1ccc(CCCCC)cc1. The molecule has 1 rings (SSSR count). The number of hydrogen-bond donors (Lipinski definition) is 0. The Bertz CT molecular complexity index is 318. The van der Waals surface area contributed by atoms with Crippen molar-refractivity contribution in [2.24, 2.45) is 0 Å². The van der Waals surface area contributed by atoms with Gasteiger partial charge in [-0.3, -0.25) is 0 Å². The van der Waals surface area contributed by atoms with Crippen LogP contribution in [0.15, 0.2) is 30.3 Å². The molecule has 0 unspecified atom stereocenters. The largest absolute Gasteiger partial charge is 0.0839 e. The number of benzene rings is 1. The van der Waals surface area contributed by atoms with Crippen LogP contribution in [0.25, 0.3) is 6.08 Å². The molecule has 100 valence electrons. The first-order valence-corrected chi connectivity index (χ1v) is 7.62. The van der Waals surface area contributed by atoms with Crippen LogP contribution in [0.5, 0.6) is 0 Å². The Morgan fingerprint density at radius 2 is 1.50 bits per heavy atom. The number of unbranched alkanes of at least 4 members (excludes halogenated alkanes) is 5. The highest BCUT2D eigenvalue weighted by atomic mass is 14.0. The van der Waals surface area contributed by atoms with Crippen molar-refractivity contribution in [3.63, 3.8) is 0 Å². The number of allylic oxidation sites excluding steroid dienone is 1. The highest BCUT2D eigenvalue weighted by molar-refractivity contribution is 5.49. The molecule has 1 aromatic rings. The van der Waals surface area contributed by atoms with E-state index in [0.717, 1.165) is 0 Å². The molecular weight excluding hydrogens is 216 g/mol. The normalized spacial score (nSPS) is 11.2. The van der Waals surface area contributed by atoms with E-state index in [-0.39, 0.29) is 0 Å². The molecule has 0 aliphatic heterocycles. The van der Waals surface area contributed by atoms with Crippen LogP contribution < -0.4 is 0 Å². The average molecular weight is 244 g/mol. The fourth-order valence-electron chi connectivity index (χ4n) is 2.11. The standard InChI is InChI=1S/C18H28/c1-3-5-7-8-10-12-18-15-13-17(14-16-18)11-9-6-4-2/h10,12-16H,3-9,11H2,1-2H3. The lowest BCUT2D eigenvalue weighted by Crippen LogP contribution is -1.85. The first kappa shape index (κ1) is 15.0. The van der Waals surface area contributed by atoms with Crippen LogP contribution in [0.3, 0.4) is 0 Å². The fourth-order valence-corrected chi connectivity index (χ4v) is 2.11. The van der Waals surface area contributed by atoms with E-state index in [4.69, 9.17) is 0 Å². The molecule has 0 aromatic heterocycles. The van der Waals surface area contributed by atoms with Crippen molar-refractivity contribution in [2.45, 2.75) is 65.2 Å². The molecule has 0 heteroatoms. The van der Waals surface area contributed by atoms with Crippen LogP contribution >= 0.6 is 0 Å². The second-order valence-electron chi connectivity index (χ2n) is 5.10. The molecule has 0 N–H and O–H groups in total. The maximum atomic E-state index is 2.31. The van der Waals surface area contributed by atoms with Gasteiger partial charge in [-0.2, -0.15) is 0 Å². The molecular formula is C18H28. The van der Waals surface area contributed by atoms with E-state index < -0.39 is 0 Å². The van der Waals surface area contributed by atoms with Gasteiger partial charge in [-0.05, 0) is 36.8 Å². The second kappa shape index (κ2) is 9.94. The number of aryl methyl sites for hydroxylation is 1. The van der Waals surface area contributed by atoms with Crippen molar-refractivity contribution in [3.05, 3.63) is 41.5 Å². The molecule has 0 aliphatic rings. The summed E-state index contributed by atoms with van der Waals surface area (Å²) in [4.78, 5) is 0. The molecule has 1 aromatic carbocycles. The minimum absolute atomic E-state index is 1.21. The summed E-state index contributed by atoms with van der Waals surface area (Å²) < 4.78 is 0. The molecule has 0 bridgehead atoms. The van der Waals surface area contributed by atoms with Gasteiger partial charge in [0.05, 0.1) is 0 Å². The molecule has 18 heavy (non-hydrogen) atoms. The van der Waals surface area contributed by atoms with Gasteiger partial charge >= 0.3 is 0 Å². The highest BCUT2D eigenvalue weighted by Crippen LogP contribution is 2.11. The van der Waals surface area contributed by atoms with Crippen LogP contribution in [0.2, 0.25) is 0 Å². The maximum Gasteiger partial charge on any atom is -0.0260 e. The van der Waals surface area contributed by atoms with E-state index in [1.807, 2.05) is 0 Å². The van der Waals surface area contributed by atoms with E-state index in [1.54, 1.807) is 0 Å². The van der Waals surface area contributed by atoms with Crippen molar-refractivity contribution in [1.82, 2.24) is 0 Å². The van der Waals surface area contributed by atoms with E-state index in [0.29, 0.717) is 0 Å². The minimum atomic E-state index is 1.21. The zero-order valence-corrected chi connectivity index (χ0v) is 12.1. The van der Waals surface area contributed by atoms with E-state index in [1.165, 1.54) is 62.5 Å². The summed E-state index contributed by atoms with van der Waals surface area (Å²) in [5.41, 5.74) is 2.82. The van der Waals surface area contributed by atoms with Gasteiger partial charge in [-0.15, -0.1) is 0 Å². The van der Waals surface area contributed by atoms with E-state index in [9.17, 15) is 0 Å². The summed E-state index contributed by atoms with van der Waals surface area (Å²) >= 11 is 0. The second-order valence-corrected chi connectivity index (χ2v) is 5.10. The van der Waals surface area contributed by atoms with Gasteiger partial charge in [0, 0.05) is 0 Å². The first-order valence-electron chi connectivity index (χ1n) is 7.62. The van der Waals surface area contributed by atoms with Crippen LogP contribution in [0.1, 0.15) is 69.9 Å². The van der Waals surface area contributed by atoms with Gasteiger partial charge in [-0.25, -0.2) is 0 Å². The van der Waals surface area contributed by atoms with E-state index in [2.05, 4.69) is 50.3 Å². The smallest absolute Gasteiger partial charge is 0.0260 e. The fraction of sp³-hybridized carbons (Fsp3) is 0.556. The predicted octanol–water partition coefficient (Wildman–Crippen LogP) is 6.01. The lowest BCUT2D eigenvalue weighted by molar-refractivity contribution is 0.717. The molecule has 0 atom stereocenters. The molecule has 0 nitrogen and oxygen atoms in total. The summed E-state index contributed by atoms with van der Waals surface area (Å²) in [5, 5.41) is 0. The molecule has 0 heterocycles. The third kappa shape index (κ3) is 6.64. The van der Waals surface area contributed by atoms with Crippen molar-refractivity contribution in [3.8, 4) is 0 Å².